The summed E-state index contributed by atoms with van der Waals surface area (Å²) in [6.07, 6.45) is 0. The molecule has 5 nitrogen and oxygen atoms in total. The van der Waals surface area contributed by atoms with Gasteiger partial charge in [-0.25, -0.2) is 9.18 Å². The third-order valence-electron chi connectivity index (χ3n) is 3.42. The first-order valence-corrected chi connectivity index (χ1v) is 6.79. The van der Waals surface area contributed by atoms with Crippen LogP contribution in [0.25, 0.3) is 0 Å². The van der Waals surface area contributed by atoms with Crippen molar-refractivity contribution in [2.75, 3.05) is 23.7 Å². The smallest absolute Gasteiger partial charge is 0.340 e. The Kier molecular flexibility index (Phi) is 3.61. The first-order valence-electron chi connectivity index (χ1n) is 6.79. The van der Waals surface area contributed by atoms with Gasteiger partial charge >= 0.3 is 5.97 Å². The monoisotopic (exact) mass is 296 g/mol. The van der Waals surface area contributed by atoms with Crippen LogP contribution >= 0.6 is 0 Å². The minimum absolute atomic E-state index is 0.191. The van der Waals surface area contributed by atoms with Crippen LogP contribution in [0.2, 0.25) is 0 Å². The van der Waals surface area contributed by atoms with Crippen molar-refractivity contribution < 1.29 is 19.0 Å². The van der Waals surface area contributed by atoms with E-state index in [1.54, 1.807) is 0 Å². The van der Waals surface area contributed by atoms with Crippen LogP contribution in [0.1, 0.15) is 38.1 Å². The molecule has 0 aromatic heterocycles. The maximum Gasteiger partial charge on any atom is 0.340 e. The van der Waals surface area contributed by atoms with Gasteiger partial charge in [-0.15, -0.1) is 0 Å². The molecule has 6 heteroatoms. The van der Waals surface area contributed by atoms with Gasteiger partial charge in [0.15, 0.2) is 0 Å². The van der Waals surface area contributed by atoms with Crippen LogP contribution in [0, 0.1) is 5.82 Å². The van der Waals surface area contributed by atoms with Crippen molar-refractivity contribution in [3.63, 3.8) is 0 Å². The van der Waals surface area contributed by atoms with Crippen LogP contribution in [0.3, 0.4) is 0 Å². The Labute approximate surface area is 123 Å². The fraction of sp³-hybridized carbons (Fsp3) is 0.533. The summed E-state index contributed by atoms with van der Waals surface area (Å²) in [5, 5.41) is 9.36. The molecule has 0 aliphatic carbocycles. The normalized spacial score (nSPS) is 20.3. The molecule has 1 aromatic carbocycles. The molecule has 1 aromatic rings. The summed E-state index contributed by atoms with van der Waals surface area (Å²) in [5.41, 5.74) is 4.62. The highest BCUT2D eigenvalue weighted by molar-refractivity contribution is 6.00. The number of halogens is 1. The summed E-state index contributed by atoms with van der Waals surface area (Å²) >= 11 is 0. The summed E-state index contributed by atoms with van der Waals surface area (Å²) in [6.45, 7) is 8.76. The van der Waals surface area contributed by atoms with Crippen LogP contribution < -0.4 is 10.6 Å². The molecule has 0 radical (unpaired) electrons. The fourth-order valence-corrected chi connectivity index (χ4v) is 3.03. The third-order valence-corrected chi connectivity index (χ3v) is 3.42. The van der Waals surface area contributed by atoms with Crippen molar-refractivity contribution in [1.82, 2.24) is 0 Å². The Morgan fingerprint density at radius 3 is 2.29 bits per heavy atom. The van der Waals surface area contributed by atoms with E-state index in [0.717, 1.165) is 0 Å². The van der Waals surface area contributed by atoms with Crippen molar-refractivity contribution >= 4 is 17.3 Å². The van der Waals surface area contributed by atoms with Crippen LogP contribution in [-0.2, 0) is 4.74 Å². The van der Waals surface area contributed by atoms with Gasteiger partial charge in [0.2, 0.25) is 0 Å². The molecule has 0 atom stereocenters. The Bertz CT molecular complexity index is 569. The van der Waals surface area contributed by atoms with Gasteiger partial charge in [-0.3, -0.25) is 0 Å². The summed E-state index contributed by atoms with van der Waals surface area (Å²) in [4.78, 5) is 13.3. The zero-order valence-corrected chi connectivity index (χ0v) is 12.7. The van der Waals surface area contributed by atoms with Gasteiger partial charge in [0.25, 0.3) is 0 Å². The number of carbonyl (C=O) groups is 1. The van der Waals surface area contributed by atoms with Crippen LogP contribution in [0.4, 0.5) is 15.8 Å². The number of nitrogens with zero attached hydrogens (tertiary/aromatic N) is 1. The number of carboxylic acid groups (broad SMARTS) is 1. The van der Waals surface area contributed by atoms with Crippen molar-refractivity contribution in [2.45, 2.75) is 38.9 Å². The topological polar surface area (TPSA) is 75.8 Å². The van der Waals surface area contributed by atoms with E-state index in [9.17, 15) is 14.3 Å². The van der Waals surface area contributed by atoms with E-state index >= 15 is 0 Å². The van der Waals surface area contributed by atoms with Gasteiger partial charge in [-0.1, -0.05) is 0 Å². The lowest BCUT2D eigenvalue weighted by atomic mass is 9.97. The molecular weight excluding hydrogens is 275 g/mol. The number of nitrogen functional groups attached to an aromatic ring is 1. The second-order valence-electron chi connectivity index (χ2n) is 6.64. The number of aromatic carboxylic acids is 1. The van der Waals surface area contributed by atoms with Gasteiger partial charge in [-0.2, -0.15) is 0 Å². The molecular formula is C15H21FN2O3. The van der Waals surface area contributed by atoms with Crippen molar-refractivity contribution in [2.24, 2.45) is 0 Å². The molecule has 0 saturated carbocycles. The van der Waals surface area contributed by atoms with Crippen molar-refractivity contribution in [3.8, 4) is 0 Å². The fourth-order valence-electron chi connectivity index (χ4n) is 3.03. The van der Waals surface area contributed by atoms with Gasteiger partial charge in [-0.05, 0) is 39.8 Å². The highest BCUT2D eigenvalue weighted by atomic mass is 19.1. The second-order valence-corrected chi connectivity index (χ2v) is 6.64. The number of hydrogen-bond donors (Lipinski definition) is 2. The van der Waals surface area contributed by atoms with E-state index in [1.165, 1.54) is 12.1 Å². The first kappa shape index (κ1) is 15.6. The van der Waals surface area contributed by atoms with Crippen LogP contribution in [0.5, 0.6) is 0 Å². The SMILES string of the molecule is CC1(C)CN(c2ccc(F)c(N)c2C(=O)O)CC(C)(C)O1. The first-order chi connectivity index (χ1) is 9.52. The van der Waals surface area contributed by atoms with E-state index in [1.807, 2.05) is 32.6 Å². The third kappa shape index (κ3) is 3.10. The molecule has 0 spiro atoms. The average molecular weight is 296 g/mol. The molecule has 1 fully saturated rings. The molecule has 1 saturated heterocycles. The summed E-state index contributed by atoms with van der Waals surface area (Å²) in [5.74, 6) is -1.95. The van der Waals surface area contributed by atoms with Gasteiger partial charge in [0, 0.05) is 13.1 Å². The Balaban J connectivity index is 2.51. The number of hydrogen-bond acceptors (Lipinski definition) is 4. The van der Waals surface area contributed by atoms with Crippen LogP contribution in [-0.4, -0.2) is 35.4 Å². The molecule has 0 bridgehead atoms. The van der Waals surface area contributed by atoms with Gasteiger partial charge in [0.05, 0.1) is 22.6 Å². The Morgan fingerprint density at radius 2 is 1.81 bits per heavy atom. The van der Waals surface area contributed by atoms with Crippen molar-refractivity contribution in [3.05, 3.63) is 23.5 Å². The highest BCUT2D eigenvalue weighted by Crippen LogP contribution is 2.35. The molecule has 1 aliphatic heterocycles. The lowest BCUT2D eigenvalue weighted by Gasteiger charge is -2.48. The quantitative estimate of drug-likeness (QED) is 0.820. The molecule has 1 aliphatic rings. The van der Waals surface area contributed by atoms with Gasteiger partial charge < -0.3 is 20.5 Å². The maximum absolute atomic E-state index is 13.6. The van der Waals surface area contributed by atoms with Gasteiger partial charge in [0.1, 0.15) is 11.4 Å². The Hall–Kier alpha value is -1.82. The zero-order valence-electron chi connectivity index (χ0n) is 12.7. The minimum atomic E-state index is -1.23. The Morgan fingerprint density at radius 1 is 1.29 bits per heavy atom. The summed E-state index contributed by atoms with van der Waals surface area (Å²) in [7, 11) is 0. The lowest BCUT2D eigenvalue weighted by Crippen LogP contribution is -2.57. The molecule has 0 unspecified atom stereocenters. The maximum atomic E-state index is 13.6. The number of rotatable bonds is 2. The number of anilines is 2. The molecule has 2 rings (SSSR count). The standard InChI is InChI=1S/C15H21FN2O3/c1-14(2)7-18(8-15(3,4)21-14)10-6-5-9(16)12(17)11(10)13(19)20/h5-6H,7-8,17H2,1-4H3,(H,19,20). The molecule has 0 amide bonds. The average Bonchev–Trinajstić information content (AvgIpc) is 2.27. The second kappa shape index (κ2) is 4.87. The number of ether oxygens (including phenoxy) is 1. The van der Waals surface area contributed by atoms with E-state index in [4.69, 9.17) is 10.5 Å². The van der Waals surface area contributed by atoms with Crippen LogP contribution in [0.15, 0.2) is 12.1 Å². The number of morpholine rings is 1. The minimum Gasteiger partial charge on any atom is -0.478 e. The summed E-state index contributed by atoms with van der Waals surface area (Å²) < 4.78 is 19.5. The number of carboxylic acids is 1. The largest absolute Gasteiger partial charge is 0.478 e. The highest BCUT2D eigenvalue weighted by Gasteiger charge is 2.39. The van der Waals surface area contributed by atoms with E-state index in [-0.39, 0.29) is 11.3 Å². The molecule has 21 heavy (non-hydrogen) atoms. The zero-order chi connectivity index (χ0) is 16.0. The van der Waals surface area contributed by atoms with E-state index in [0.29, 0.717) is 18.8 Å². The molecule has 116 valence electrons. The summed E-state index contributed by atoms with van der Waals surface area (Å²) in [6, 6.07) is 2.67. The van der Waals surface area contributed by atoms with Crippen molar-refractivity contribution in [1.29, 1.82) is 0 Å². The van der Waals surface area contributed by atoms with E-state index in [2.05, 4.69) is 0 Å². The predicted molar refractivity (Wildman–Crippen MR) is 79.2 cm³/mol. The number of nitrogens with two attached hydrogens (primary N) is 1. The molecule has 3 N–H and O–H groups in total. The number of benzene rings is 1. The van der Waals surface area contributed by atoms with E-state index < -0.39 is 23.0 Å². The molecule has 1 heterocycles. The predicted octanol–water partition coefficient (Wildman–Crippen LogP) is 2.50. The lowest BCUT2D eigenvalue weighted by molar-refractivity contribution is -0.133.